The van der Waals surface area contributed by atoms with Gasteiger partial charge in [-0.2, -0.15) is 0 Å². The molecule has 2 rings (SSSR count). The van der Waals surface area contributed by atoms with Crippen LogP contribution < -0.4 is 5.32 Å². The molecule has 2 fully saturated rings. The van der Waals surface area contributed by atoms with E-state index in [4.69, 9.17) is 0 Å². The second kappa shape index (κ2) is 5.48. The lowest BCUT2D eigenvalue weighted by Crippen LogP contribution is -2.52. The van der Waals surface area contributed by atoms with E-state index in [2.05, 4.69) is 29.2 Å². The lowest BCUT2D eigenvalue weighted by molar-refractivity contribution is 0.0609. The first kappa shape index (κ1) is 12.3. The molecule has 0 radical (unpaired) electrons. The third-order valence-corrected chi connectivity index (χ3v) is 4.16. The molecule has 94 valence electrons. The van der Waals surface area contributed by atoms with Gasteiger partial charge in [-0.3, -0.25) is 0 Å². The minimum atomic E-state index is 0.614. The first-order valence-electron chi connectivity index (χ1n) is 6.78. The summed E-state index contributed by atoms with van der Waals surface area (Å²) in [5.74, 6) is 0. The molecule has 3 heteroatoms. The number of piperidine rings is 2. The zero-order chi connectivity index (χ0) is 11.4. The highest BCUT2D eigenvalue weighted by Crippen LogP contribution is 2.35. The van der Waals surface area contributed by atoms with Gasteiger partial charge in [-0.25, -0.2) is 0 Å². The van der Waals surface area contributed by atoms with Crippen LogP contribution in [0, 0.1) is 5.41 Å². The van der Waals surface area contributed by atoms with Gasteiger partial charge in [0.2, 0.25) is 0 Å². The summed E-state index contributed by atoms with van der Waals surface area (Å²) in [5.41, 5.74) is 0.614. The van der Waals surface area contributed by atoms with Crippen LogP contribution >= 0.6 is 0 Å². The Labute approximate surface area is 100 Å². The molecule has 1 unspecified atom stereocenters. The van der Waals surface area contributed by atoms with Gasteiger partial charge in [-0.05, 0) is 58.3 Å². The number of likely N-dealkylation sites (tertiary alicyclic amines) is 1. The zero-order valence-electron chi connectivity index (χ0n) is 11.0. The molecule has 1 spiro atoms. The number of hydrogen-bond donors (Lipinski definition) is 1. The molecule has 2 aliphatic heterocycles. The van der Waals surface area contributed by atoms with Gasteiger partial charge in [-0.1, -0.05) is 0 Å². The third kappa shape index (κ3) is 3.19. The second-order valence-electron chi connectivity index (χ2n) is 5.96. The predicted molar refractivity (Wildman–Crippen MR) is 68.8 cm³/mol. The number of rotatable bonds is 3. The Morgan fingerprint density at radius 1 is 1.25 bits per heavy atom. The van der Waals surface area contributed by atoms with Crippen molar-refractivity contribution in [3.05, 3.63) is 0 Å². The second-order valence-corrected chi connectivity index (χ2v) is 5.96. The molecule has 2 heterocycles. The smallest absolute Gasteiger partial charge is 0.0109 e. The van der Waals surface area contributed by atoms with Crippen molar-refractivity contribution in [3.8, 4) is 0 Å². The molecule has 0 aliphatic carbocycles. The van der Waals surface area contributed by atoms with E-state index in [1.165, 1.54) is 65.0 Å². The van der Waals surface area contributed by atoms with Crippen LogP contribution in [0.5, 0.6) is 0 Å². The largest absolute Gasteiger partial charge is 0.316 e. The summed E-state index contributed by atoms with van der Waals surface area (Å²) in [6, 6.07) is 0. The summed E-state index contributed by atoms with van der Waals surface area (Å²) >= 11 is 0. The summed E-state index contributed by atoms with van der Waals surface area (Å²) in [6.45, 7) is 7.58. The highest BCUT2D eigenvalue weighted by molar-refractivity contribution is 4.91. The first-order valence-corrected chi connectivity index (χ1v) is 6.78. The van der Waals surface area contributed by atoms with Crippen LogP contribution in [0.4, 0.5) is 0 Å². The van der Waals surface area contributed by atoms with Gasteiger partial charge >= 0.3 is 0 Å². The summed E-state index contributed by atoms with van der Waals surface area (Å²) in [4.78, 5) is 4.97. The van der Waals surface area contributed by atoms with E-state index >= 15 is 0 Å². The maximum absolute atomic E-state index is 3.59. The normalized spacial score (nSPS) is 32.4. The standard InChI is InChI=1S/C13H27N3/c1-15(2)9-10-16-8-4-6-13(12-16)5-3-7-14-11-13/h14H,3-12H2,1-2H3. The van der Waals surface area contributed by atoms with E-state index in [9.17, 15) is 0 Å². The maximum atomic E-state index is 3.59. The van der Waals surface area contributed by atoms with Crippen LogP contribution in [0.2, 0.25) is 0 Å². The highest BCUT2D eigenvalue weighted by Gasteiger charge is 2.36. The van der Waals surface area contributed by atoms with E-state index < -0.39 is 0 Å². The van der Waals surface area contributed by atoms with E-state index in [1.807, 2.05) is 0 Å². The molecule has 2 aliphatic rings. The molecular formula is C13H27N3. The molecule has 0 aromatic heterocycles. The van der Waals surface area contributed by atoms with Gasteiger partial charge in [0.15, 0.2) is 0 Å². The van der Waals surface area contributed by atoms with Crippen LogP contribution in [0.1, 0.15) is 25.7 Å². The fraction of sp³-hybridized carbons (Fsp3) is 1.00. The maximum Gasteiger partial charge on any atom is 0.0109 e. The van der Waals surface area contributed by atoms with Crippen LogP contribution in [-0.4, -0.2) is 63.2 Å². The van der Waals surface area contributed by atoms with Crippen LogP contribution in [-0.2, 0) is 0 Å². The van der Waals surface area contributed by atoms with Crippen LogP contribution in [0.3, 0.4) is 0 Å². The fourth-order valence-corrected chi connectivity index (χ4v) is 3.22. The lowest BCUT2D eigenvalue weighted by Gasteiger charge is -2.45. The van der Waals surface area contributed by atoms with E-state index in [0.717, 1.165) is 0 Å². The Hall–Kier alpha value is -0.120. The van der Waals surface area contributed by atoms with Crippen molar-refractivity contribution in [2.75, 3.05) is 53.4 Å². The summed E-state index contributed by atoms with van der Waals surface area (Å²) in [7, 11) is 4.34. The van der Waals surface area contributed by atoms with E-state index in [-0.39, 0.29) is 0 Å². The average molecular weight is 225 g/mol. The molecule has 0 saturated carbocycles. The van der Waals surface area contributed by atoms with E-state index in [0.29, 0.717) is 5.41 Å². The van der Waals surface area contributed by atoms with Crippen molar-refractivity contribution in [3.63, 3.8) is 0 Å². The summed E-state index contributed by atoms with van der Waals surface area (Å²) < 4.78 is 0. The summed E-state index contributed by atoms with van der Waals surface area (Å²) in [6.07, 6.45) is 5.66. The van der Waals surface area contributed by atoms with Gasteiger partial charge in [0, 0.05) is 26.2 Å². The molecule has 0 aromatic rings. The van der Waals surface area contributed by atoms with Crippen molar-refractivity contribution in [1.82, 2.24) is 15.1 Å². The van der Waals surface area contributed by atoms with Crippen molar-refractivity contribution in [2.24, 2.45) is 5.41 Å². The topological polar surface area (TPSA) is 18.5 Å². The van der Waals surface area contributed by atoms with Crippen LogP contribution in [0.15, 0.2) is 0 Å². The number of nitrogens with one attached hydrogen (secondary N) is 1. The summed E-state index contributed by atoms with van der Waals surface area (Å²) in [5, 5.41) is 3.59. The lowest BCUT2D eigenvalue weighted by atomic mass is 9.74. The molecule has 1 atom stereocenters. The van der Waals surface area contributed by atoms with Crippen molar-refractivity contribution in [1.29, 1.82) is 0 Å². The van der Waals surface area contributed by atoms with Crippen molar-refractivity contribution in [2.45, 2.75) is 25.7 Å². The molecule has 1 N–H and O–H groups in total. The van der Waals surface area contributed by atoms with Crippen LogP contribution in [0.25, 0.3) is 0 Å². The Morgan fingerprint density at radius 2 is 2.06 bits per heavy atom. The van der Waals surface area contributed by atoms with Gasteiger partial charge in [0.1, 0.15) is 0 Å². The Balaban J connectivity index is 1.83. The number of hydrogen-bond acceptors (Lipinski definition) is 3. The first-order chi connectivity index (χ1) is 7.70. The minimum Gasteiger partial charge on any atom is -0.316 e. The molecule has 2 saturated heterocycles. The quantitative estimate of drug-likeness (QED) is 0.773. The highest BCUT2D eigenvalue weighted by atomic mass is 15.2. The Bertz CT molecular complexity index is 204. The fourth-order valence-electron chi connectivity index (χ4n) is 3.22. The average Bonchev–Trinajstić information content (AvgIpc) is 2.28. The number of nitrogens with zero attached hydrogens (tertiary/aromatic N) is 2. The molecule has 3 nitrogen and oxygen atoms in total. The number of likely N-dealkylation sites (N-methyl/N-ethyl adjacent to an activating group) is 1. The SMILES string of the molecule is CN(C)CCN1CCCC2(CCCNC2)C1. The monoisotopic (exact) mass is 225 g/mol. The van der Waals surface area contributed by atoms with Crippen molar-refractivity contribution < 1.29 is 0 Å². The van der Waals surface area contributed by atoms with Crippen molar-refractivity contribution >= 4 is 0 Å². The Morgan fingerprint density at radius 3 is 2.75 bits per heavy atom. The molecular weight excluding hydrogens is 198 g/mol. The molecule has 0 aromatic carbocycles. The molecule has 0 amide bonds. The van der Waals surface area contributed by atoms with Gasteiger partial charge in [0.25, 0.3) is 0 Å². The zero-order valence-corrected chi connectivity index (χ0v) is 11.0. The molecule has 0 bridgehead atoms. The van der Waals surface area contributed by atoms with Gasteiger partial charge < -0.3 is 15.1 Å². The molecule has 16 heavy (non-hydrogen) atoms. The predicted octanol–water partition coefficient (Wildman–Crippen LogP) is 1.01. The van der Waals surface area contributed by atoms with Gasteiger partial charge in [-0.15, -0.1) is 0 Å². The van der Waals surface area contributed by atoms with Gasteiger partial charge in [0.05, 0.1) is 0 Å². The van der Waals surface area contributed by atoms with E-state index in [1.54, 1.807) is 0 Å². The minimum absolute atomic E-state index is 0.614. The third-order valence-electron chi connectivity index (χ3n) is 4.16. The Kier molecular flexibility index (Phi) is 4.22.